The van der Waals surface area contributed by atoms with Crippen LogP contribution in [0.25, 0.3) is 0 Å². The number of rotatable bonds is 3. The average Bonchev–Trinajstić information content (AvgIpc) is 2.71. The number of nitrogens with zero attached hydrogens (tertiary/aromatic N) is 1. The first-order valence-corrected chi connectivity index (χ1v) is 6.48. The summed E-state index contributed by atoms with van der Waals surface area (Å²) >= 11 is 0. The average molecular weight is 217 g/mol. The Labute approximate surface area is 99.5 Å². The lowest BCUT2D eigenvalue weighted by atomic mass is 10.0. The fourth-order valence-electron chi connectivity index (χ4n) is 2.71. The van der Waals surface area contributed by atoms with Crippen molar-refractivity contribution in [2.45, 2.75) is 40.2 Å². The van der Waals surface area contributed by atoms with Crippen LogP contribution in [0.5, 0.6) is 0 Å². The van der Waals surface area contributed by atoms with E-state index in [0.29, 0.717) is 0 Å². The van der Waals surface area contributed by atoms with E-state index in [4.69, 9.17) is 0 Å². The van der Waals surface area contributed by atoms with Gasteiger partial charge in [-0.2, -0.15) is 0 Å². The Morgan fingerprint density at radius 1 is 1.25 bits per heavy atom. The van der Waals surface area contributed by atoms with Gasteiger partial charge in [-0.1, -0.05) is 31.5 Å². The standard InChI is InChI=1S/C15H23N/c1-4-14-8-9-16(10-14)11-15-12(2)6-5-7-13(15)3/h5-7,14H,4,8-11H2,1-3H3. The minimum absolute atomic E-state index is 0.935. The molecule has 0 N–H and O–H groups in total. The minimum atomic E-state index is 0.935. The van der Waals surface area contributed by atoms with Crippen molar-refractivity contribution in [1.82, 2.24) is 4.90 Å². The molecular formula is C15H23N. The zero-order chi connectivity index (χ0) is 11.5. The van der Waals surface area contributed by atoms with Gasteiger partial charge in [0, 0.05) is 13.1 Å². The van der Waals surface area contributed by atoms with Crippen molar-refractivity contribution in [3.63, 3.8) is 0 Å². The second-order valence-electron chi connectivity index (χ2n) is 5.17. The summed E-state index contributed by atoms with van der Waals surface area (Å²) in [6, 6.07) is 6.62. The highest BCUT2D eigenvalue weighted by Crippen LogP contribution is 2.23. The lowest BCUT2D eigenvalue weighted by Gasteiger charge is -2.19. The van der Waals surface area contributed by atoms with Crippen molar-refractivity contribution >= 4 is 0 Å². The van der Waals surface area contributed by atoms with Gasteiger partial charge in [-0.3, -0.25) is 4.90 Å². The lowest BCUT2D eigenvalue weighted by Crippen LogP contribution is -2.21. The molecule has 0 spiro atoms. The quantitative estimate of drug-likeness (QED) is 0.748. The second-order valence-corrected chi connectivity index (χ2v) is 5.17. The molecular weight excluding hydrogens is 194 g/mol. The molecule has 1 fully saturated rings. The van der Waals surface area contributed by atoms with Crippen LogP contribution in [0.1, 0.15) is 36.5 Å². The van der Waals surface area contributed by atoms with E-state index in [0.717, 1.165) is 12.5 Å². The van der Waals surface area contributed by atoms with Crippen LogP contribution in [0, 0.1) is 19.8 Å². The largest absolute Gasteiger partial charge is 0.299 e. The first-order valence-electron chi connectivity index (χ1n) is 6.48. The molecule has 1 unspecified atom stereocenters. The van der Waals surface area contributed by atoms with Gasteiger partial charge in [0.1, 0.15) is 0 Å². The van der Waals surface area contributed by atoms with Crippen LogP contribution < -0.4 is 0 Å². The van der Waals surface area contributed by atoms with E-state index < -0.39 is 0 Å². The van der Waals surface area contributed by atoms with Crippen LogP contribution in [-0.4, -0.2) is 18.0 Å². The Bertz CT molecular complexity index is 336. The van der Waals surface area contributed by atoms with E-state index in [2.05, 4.69) is 43.9 Å². The van der Waals surface area contributed by atoms with E-state index >= 15 is 0 Å². The van der Waals surface area contributed by atoms with Crippen LogP contribution in [-0.2, 0) is 6.54 Å². The maximum atomic E-state index is 2.61. The topological polar surface area (TPSA) is 3.24 Å². The molecule has 0 amide bonds. The first kappa shape index (κ1) is 11.7. The maximum Gasteiger partial charge on any atom is 0.0239 e. The molecule has 1 nitrogen and oxygen atoms in total. The smallest absolute Gasteiger partial charge is 0.0239 e. The van der Waals surface area contributed by atoms with Gasteiger partial charge < -0.3 is 0 Å². The zero-order valence-electron chi connectivity index (χ0n) is 10.8. The van der Waals surface area contributed by atoms with E-state index in [9.17, 15) is 0 Å². The van der Waals surface area contributed by atoms with Crippen LogP contribution in [0.4, 0.5) is 0 Å². The Morgan fingerprint density at radius 2 is 1.94 bits per heavy atom. The molecule has 1 aromatic carbocycles. The number of hydrogen-bond donors (Lipinski definition) is 0. The molecule has 1 aliphatic rings. The third kappa shape index (κ3) is 2.46. The van der Waals surface area contributed by atoms with Gasteiger partial charge in [0.05, 0.1) is 0 Å². The molecule has 88 valence electrons. The molecule has 1 aromatic rings. The summed E-state index contributed by atoms with van der Waals surface area (Å²) in [5.41, 5.74) is 4.43. The molecule has 1 heteroatoms. The third-order valence-electron chi connectivity index (χ3n) is 3.97. The van der Waals surface area contributed by atoms with E-state index in [1.165, 1.54) is 37.1 Å². The summed E-state index contributed by atoms with van der Waals surface area (Å²) in [6.07, 6.45) is 2.73. The summed E-state index contributed by atoms with van der Waals surface area (Å²) in [5.74, 6) is 0.935. The summed E-state index contributed by atoms with van der Waals surface area (Å²) in [5, 5.41) is 0. The van der Waals surface area contributed by atoms with Gasteiger partial charge in [0.2, 0.25) is 0 Å². The number of likely N-dealkylation sites (tertiary alicyclic amines) is 1. The molecule has 1 aliphatic heterocycles. The lowest BCUT2D eigenvalue weighted by molar-refractivity contribution is 0.314. The summed E-state index contributed by atoms with van der Waals surface area (Å²) in [4.78, 5) is 2.61. The summed E-state index contributed by atoms with van der Waals surface area (Å²) < 4.78 is 0. The maximum absolute atomic E-state index is 2.61. The Morgan fingerprint density at radius 3 is 2.50 bits per heavy atom. The highest BCUT2D eigenvalue weighted by molar-refractivity contribution is 5.33. The van der Waals surface area contributed by atoms with Crippen LogP contribution in [0.3, 0.4) is 0 Å². The van der Waals surface area contributed by atoms with E-state index in [1.807, 2.05) is 0 Å². The molecule has 0 bridgehead atoms. The molecule has 16 heavy (non-hydrogen) atoms. The molecule has 1 heterocycles. The molecule has 0 radical (unpaired) electrons. The SMILES string of the molecule is CCC1CCN(Cc2c(C)cccc2C)C1. The van der Waals surface area contributed by atoms with Gasteiger partial charge in [-0.05, 0) is 49.4 Å². The normalized spacial score (nSPS) is 21.6. The number of hydrogen-bond acceptors (Lipinski definition) is 1. The number of aryl methyl sites for hydroxylation is 2. The third-order valence-corrected chi connectivity index (χ3v) is 3.97. The Balaban J connectivity index is 2.04. The molecule has 1 atom stereocenters. The molecule has 1 saturated heterocycles. The highest BCUT2D eigenvalue weighted by atomic mass is 15.1. The van der Waals surface area contributed by atoms with E-state index in [-0.39, 0.29) is 0 Å². The first-order chi connectivity index (χ1) is 7.70. The predicted molar refractivity (Wildman–Crippen MR) is 69.6 cm³/mol. The van der Waals surface area contributed by atoms with Gasteiger partial charge >= 0.3 is 0 Å². The molecule has 0 aromatic heterocycles. The molecule has 2 rings (SSSR count). The van der Waals surface area contributed by atoms with Gasteiger partial charge in [0.25, 0.3) is 0 Å². The van der Waals surface area contributed by atoms with Crippen molar-refractivity contribution in [2.75, 3.05) is 13.1 Å². The fraction of sp³-hybridized carbons (Fsp3) is 0.600. The van der Waals surface area contributed by atoms with Crippen molar-refractivity contribution < 1.29 is 0 Å². The summed E-state index contributed by atoms with van der Waals surface area (Å²) in [6.45, 7) is 10.5. The van der Waals surface area contributed by atoms with Crippen molar-refractivity contribution in [2.24, 2.45) is 5.92 Å². The van der Waals surface area contributed by atoms with Crippen LogP contribution in [0.15, 0.2) is 18.2 Å². The monoisotopic (exact) mass is 217 g/mol. The minimum Gasteiger partial charge on any atom is -0.299 e. The fourth-order valence-corrected chi connectivity index (χ4v) is 2.71. The van der Waals surface area contributed by atoms with Crippen molar-refractivity contribution in [3.05, 3.63) is 34.9 Å². The van der Waals surface area contributed by atoms with Crippen LogP contribution in [0.2, 0.25) is 0 Å². The van der Waals surface area contributed by atoms with Gasteiger partial charge in [-0.25, -0.2) is 0 Å². The number of benzene rings is 1. The second kappa shape index (κ2) is 5.01. The molecule has 0 aliphatic carbocycles. The molecule has 0 saturated carbocycles. The van der Waals surface area contributed by atoms with Gasteiger partial charge in [0.15, 0.2) is 0 Å². The highest BCUT2D eigenvalue weighted by Gasteiger charge is 2.21. The van der Waals surface area contributed by atoms with Gasteiger partial charge in [-0.15, -0.1) is 0 Å². The van der Waals surface area contributed by atoms with Crippen molar-refractivity contribution in [1.29, 1.82) is 0 Å². The van der Waals surface area contributed by atoms with Crippen molar-refractivity contribution in [3.8, 4) is 0 Å². The Kier molecular flexibility index (Phi) is 3.65. The Hall–Kier alpha value is -0.820. The zero-order valence-corrected chi connectivity index (χ0v) is 10.8. The summed E-state index contributed by atoms with van der Waals surface area (Å²) in [7, 11) is 0. The predicted octanol–water partition coefficient (Wildman–Crippen LogP) is 3.54. The van der Waals surface area contributed by atoms with Crippen LogP contribution >= 0.6 is 0 Å². The van der Waals surface area contributed by atoms with E-state index in [1.54, 1.807) is 5.56 Å².